The van der Waals surface area contributed by atoms with Crippen molar-refractivity contribution in [2.45, 2.75) is 12.5 Å². The van der Waals surface area contributed by atoms with Crippen LogP contribution in [0.4, 0.5) is 10.5 Å². The van der Waals surface area contributed by atoms with Gasteiger partial charge in [0.2, 0.25) is 0 Å². The van der Waals surface area contributed by atoms with E-state index in [4.69, 9.17) is 17.1 Å². The van der Waals surface area contributed by atoms with Crippen molar-refractivity contribution < 1.29 is 4.79 Å². The third-order valence-electron chi connectivity index (χ3n) is 2.74. The molecule has 1 aliphatic rings. The number of hydrogen-bond acceptors (Lipinski definition) is 2. The van der Waals surface area contributed by atoms with E-state index in [1.807, 2.05) is 0 Å². The van der Waals surface area contributed by atoms with Crippen molar-refractivity contribution in [1.82, 2.24) is 4.90 Å². The van der Waals surface area contributed by atoms with Gasteiger partial charge in [-0.3, -0.25) is 0 Å². The maximum Gasteiger partial charge on any atom is 0.321 e. The van der Waals surface area contributed by atoms with Gasteiger partial charge in [0.1, 0.15) is 0 Å². The molecule has 0 radical (unpaired) electrons. The molecule has 0 bridgehead atoms. The molecule has 1 heterocycles. The first-order chi connectivity index (χ1) is 8.69. The molecule has 2 amide bonds. The summed E-state index contributed by atoms with van der Waals surface area (Å²) in [6.45, 7) is 1.05. The number of carbonyl (C=O) groups is 1. The number of benzene rings is 1. The zero-order valence-corrected chi connectivity index (χ0v) is 10.3. The summed E-state index contributed by atoms with van der Waals surface area (Å²) in [6, 6.07) is 6.63. The van der Waals surface area contributed by atoms with Crippen molar-refractivity contribution in [2.24, 2.45) is 5.11 Å². The van der Waals surface area contributed by atoms with E-state index in [9.17, 15) is 4.79 Å². The van der Waals surface area contributed by atoms with Crippen molar-refractivity contribution in [1.29, 1.82) is 0 Å². The molecule has 1 aromatic carbocycles. The Hall–Kier alpha value is -1.91. The molecule has 7 heteroatoms. The quantitative estimate of drug-likeness (QED) is 0.497. The second-order valence-corrected chi connectivity index (χ2v) is 4.47. The average molecular weight is 266 g/mol. The Labute approximate surface area is 109 Å². The SMILES string of the molecule is [N-]=[N+]=NC1CCN(C(=O)Nc2cccc(Cl)c2)C1. The largest absolute Gasteiger partial charge is 0.324 e. The maximum atomic E-state index is 11.9. The smallest absolute Gasteiger partial charge is 0.321 e. The minimum atomic E-state index is -0.201. The Morgan fingerprint density at radius 3 is 3.17 bits per heavy atom. The van der Waals surface area contributed by atoms with Gasteiger partial charge in [0.25, 0.3) is 0 Å². The van der Waals surface area contributed by atoms with Gasteiger partial charge in [0, 0.05) is 28.7 Å². The molecule has 1 unspecified atom stereocenters. The molecule has 6 nitrogen and oxygen atoms in total. The van der Waals surface area contributed by atoms with Crippen LogP contribution in [0.25, 0.3) is 10.4 Å². The van der Waals surface area contributed by atoms with Gasteiger partial charge >= 0.3 is 6.03 Å². The lowest BCUT2D eigenvalue weighted by Crippen LogP contribution is -2.33. The molecular formula is C11H12ClN5O. The van der Waals surface area contributed by atoms with Crippen LogP contribution < -0.4 is 5.32 Å². The van der Waals surface area contributed by atoms with Crippen LogP contribution >= 0.6 is 11.6 Å². The zero-order valence-electron chi connectivity index (χ0n) is 9.58. The lowest BCUT2D eigenvalue weighted by molar-refractivity contribution is 0.222. The third kappa shape index (κ3) is 3.06. The van der Waals surface area contributed by atoms with Crippen LogP contribution in [0.1, 0.15) is 6.42 Å². The summed E-state index contributed by atoms with van der Waals surface area (Å²) in [6.07, 6.45) is 0.701. The van der Waals surface area contributed by atoms with Crippen LogP contribution in [0.2, 0.25) is 5.02 Å². The Morgan fingerprint density at radius 1 is 1.61 bits per heavy atom. The number of carbonyl (C=O) groups excluding carboxylic acids is 1. The minimum Gasteiger partial charge on any atom is -0.324 e. The standard InChI is InChI=1S/C11H12ClN5O/c12-8-2-1-3-9(6-8)14-11(18)17-5-4-10(7-17)15-16-13/h1-3,6,10H,4-5,7H2,(H,14,18). The van der Waals surface area contributed by atoms with Gasteiger partial charge in [-0.15, -0.1) is 0 Å². The Bertz CT molecular complexity index is 500. The Kier molecular flexibility index (Phi) is 3.92. The van der Waals surface area contributed by atoms with E-state index in [-0.39, 0.29) is 12.1 Å². The molecule has 2 rings (SSSR count). The summed E-state index contributed by atoms with van der Waals surface area (Å²) in [7, 11) is 0. The average Bonchev–Trinajstić information content (AvgIpc) is 2.78. The van der Waals surface area contributed by atoms with E-state index in [0.29, 0.717) is 30.2 Å². The maximum absolute atomic E-state index is 11.9. The summed E-state index contributed by atoms with van der Waals surface area (Å²) < 4.78 is 0. The van der Waals surface area contributed by atoms with Crippen LogP contribution in [0.5, 0.6) is 0 Å². The van der Waals surface area contributed by atoms with Gasteiger partial charge in [-0.2, -0.15) is 0 Å². The highest BCUT2D eigenvalue weighted by Gasteiger charge is 2.25. The molecule has 1 saturated heterocycles. The molecule has 1 aliphatic heterocycles. The fraction of sp³-hybridized carbons (Fsp3) is 0.364. The summed E-state index contributed by atoms with van der Waals surface area (Å²) in [4.78, 5) is 16.3. The monoisotopic (exact) mass is 265 g/mol. The van der Waals surface area contributed by atoms with Crippen LogP contribution in [-0.2, 0) is 0 Å². The first-order valence-corrected chi connectivity index (χ1v) is 5.92. The van der Waals surface area contributed by atoms with Crippen molar-refractivity contribution in [3.05, 3.63) is 39.7 Å². The number of rotatable bonds is 2. The summed E-state index contributed by atoms with van der Waals surface area (Å²) in [5.74, 6) is 0. The summed E-state index contributed by atoms with van der Waals surface area (Å²) >= 11 is 5.83. The van der Waals surface area contributed by atoms with E-state index < -0.39 is 0 Å². The second-order valence-electron chi connectivity index (χ2n) is 4.03. The Balaban J connectivity index is 1.95. The molecule has 1 atom stereocenters. The van der Waals surface area contributed by atoms with E-state index in [0.717, 1.165) is 0 Å². The van der Waals surface area contributed by atoms with E-state index in [1.54, 1.807) is 29.2 Å². The van der Waals surface area contributed by atoms with Crippen LogP contribution in [-0.4, -0.2) is 30.1 Å². The number of anilines is 1. The van der Waals surface area contributed by atoms with Gasteiger partial charge < -0.3 is 10.2 Å². The number of urea groups is 1. The van der Waals surface area contributed by atoms with Crippen molar-refractivity contribution in [3.63, 3.8) is 0 Å². The third-order valence-corrected chi connectivity index (χ3v) is 2.98. The van der Waals surface area contributed by atoms with Crippen LogP contribution in [0, 0.1) is 0 Å². The fourth-order valence-corrected chi connectivity index (χ4v) is 2.05. The second kappa shape index (κ2) is 5.62. The normalized spacial score (nSPS) is 18.3. The highest BCUT2D eigenvalue weighted by Crippen LogP contribution is 2.17. The highest BCUT2D eigenvalue weighted by atomic mass is 35.5. The molecule has 0 aromatic heterocycles. The molecule has 0 saturated carbocycles. The lowest BCUT2D eigenvalue weighted by Gasteiger charge is -2.16. The van der Waals surface area contributed by atoms with Crippen molar-refractivity contribution >= 4 is 23.3 Å². The van der Waals surface area contributed by atoms with E-state index in [2.05, 4.69) is 15.3 Å². The Morgan fingerprint density at radius 2 is 2.44 bits per heavy atom. The molecular weight excluding hydrogens is 254 g/mol. The molecule has 1 aromatic rings. The van der Waals surface area contributed by atoms with Crippen molar-refractivity contribution in [2.75, 3.05) is 18.4 Å². The summed E-state index contributed by atoms with van der Waals surface area (Å²) in [5.41, 5.74) is 8.99. The molecule has 0 spiro atoms. The van der Waals surface area contributed by atoms with Gasteiger partial charge in [-0.1, -0.05) is 22.8 Å². The number of halogens is 1. The van der Waals surface area contributed by atoms with E-state index >= 15 is 0 Å². The number of hydrogen-bond donors (Lipinski definition) is 1. The summed E-state index contributed by atoms with van der Waals surface area (Å²) in [5, 5.41) is 6.94. The van der Waals surface area contributed by atoms with Crippen LogP contribution in [0.15, 0.2) is 29.4 Å². The van der Waals surface area contributed by atoms with Crippen molar-refractivity contribution in [3.8, 4) is 0 Å². The predicted octanol–water partition coefficient (Wildman–Crippen LogP) is 3.26. The zero-order chi connectivity index (χ0) is 13.0. The van der Waals surface area contributed by atoms with Gasteiger partial charge in [0.05, 0.1) is 6.04 Å². The lowest BCUT2D eigenvalue weighted by atomic mass is 10.3. The molecule has 1 fully saturated rings. The number of likely N-dealkylation sites (tertiary alicyclic amines) is 1. The first kappa shape index (κ1) is 12.5. The van der Waals surface area contributed by atoms with Gasteiger partial charge in [-0.25, -0.2) is 4.79 Å². The molecule has 94 valence electrons. The first-order valence-electron chi connectivity index (χ1n) is 5.55. The fourth-order valence-electron chi connectivity index (χ4n) is 1.86. The highest BCUT2D eigenvalue weighted by molar-refractivity contribution is 6.30. The number of azide groups is 1. The van der Waals surface area contributed by atoms with Gasteiger partial charge in [-0.05, 0) is 30.2 Å². The topological polar surface area (TPSA) is 81.1 Å². The number of amides is 2. The van der Waals surface area contributed by atoms with E-state index in [1.165, 1.54) is 0 Å². The molecule has 0 aliphatic carbocycles. The van der Waals surface area contributed by atoms with Gasteiger partial charge in [0.15, 0.2) is 0 Å². The molecule has 18 heavy (non-hydrogen) atoms. The predicted molar refractivity (Wildman–Crippen MR) is 69.6 cm³/mol. The number of nitrogens with zero attached hydrogens (tertiary/aromatic N) is 4. The molecule has 1 N–H and O–H groups in total. The minimum absolute atomic E-state index is 0.125. The number of nitrogens with one attached hydrogen (secondary N) is 1. The van der Waals surface area contributed by atoms with Crippen LogP contribution in [0.3, 0.4) is 0 Å².